The minimum Gasteiger partial charge on any atom is -0.379 e. The number of hydrogen-bond donors (Lipinski definition) is 2. The second-order valence-corrected chi connectivity index (χ2v) is 6.64. The van der Waals surface area contributed by atoms with E-state index in [-0.39, 0.29) is 18.0 Å². The third kappa shape index (κ3) is 4.69. The van der Waals surface area contributed by atoms with E-state index in [1.54, 1.807) is 10.9 Å². The van der Waals surface area contributed by atoms with Crippen LogP contribution in [0.1, 0.15) is 12.0 Å². The second kappa shape index (κ2) is 8.13. The number of aryl methyl sites for hydroxylation is 1. The van der Waals surface area contributed by atoms with Gasteiger partial charge in [-0.2, -0.15) is 5.10 Å². The highest BCUT2D eigenvalue weighted by molar-refractivity contribution is 5.78. The number of anilines is 2. The van der Waals surface area contributed by atoms with Crippen molar-refractivity contribution in [3.63, 3.8) is 0 Å². The zero-order valence-corrected chi connectivity index (χ0v) is 15.3. The molecule has 0 aliphatic carbocycles. The maximum absolute atomic E-state index is 12.4. The summed E-state index contributed by atoms with van der Waals surface area (Å²) in [5, 5.41) is 10.6. The molecule has 3 heterocycles. The number of carbonyl (C=O) groups is 1. The van der Waals surface area contributed by atoms with Crippen LogP contribution in [0.15, 0.2) is 24.8 Å². The van der Waals surface area contributed by atoms with Gasteiger partial charge in [0, 0.05) is 40.0 Å². The third-order valence-corrected chi connectivity index (χ3v) is 4.27. The van der Waals surface area contributed by atoms with E-state index in [1.807, 2.05) is 38.3 Å². The Balaban J connectivity index is 1.62. The molecule has 0 spiro atoms. The van der Waals surface area contributed by atoms with Gasteiger partial charge < -0.3 is 20.3 Å². The molecule has 0 bridgehead atoms. The lowest BCUT2D eigenvalue weighted by Crippen LogP contribution is -2.52. The van der Waals surface area contributed by atoms with Crippen molar-refractivity contribution in [2.75, 3.05) is 37.5 Å². The number of hydrogen-bond acceptors (Lipinski definition) is 7. The number of carbonyl (C=O) groups excluding carboxylic acids is 1. The van der Waals surface area contributed by atoms with Crippen LogP contribution in [0.25, 0.3) is 0 Å². The zero-order chi connectivity index (χ0) is 18.5. The Bertz CT molecular complexity index is 746. The number of rotatable bonds is 6. The summed E-state index contributed by atoms with van der Waals surface area (Å²) in [4.78, 5) is 22.8. The number of nitrogens with one attached hydrogen (secondary N) is 2. The predicted octanol–water partition coefficient (Wildman–Crippen LogP) is 0.204. The maximum Gasteiger partial charge on any atom is 0.224 e. The van der Waals surface area contributed by atoms with Crippen LogP contribution in [0.3, 0.4) is 0 Å². The summed E-state index contributed by atoms with van der Waals surface area (Å²) in [7, 11) is 5.69. The fourth-order valence-electron chi connectivity index (χ4n) is 2.92. The fraction of sp³-hybridized carbons (Fsp3) is 0.529. The quantitative estimate of drug-likeness (QED) is 0.761. The molecule has 9 heteroatoms. The summed E-state index contributed by atoms with van der Waals surface area (Å²) in [6.07, 6.45) is 6.15. The van der Waals surface area contributed by atoms with E-state index in [1.165, 1.54) is 6.33 Å². The molecule has 2 aromatic heterocycles. The first-order chi connectivity index (χ1) is 12.5. The molecule has 3 rings (SSSR count). The van der Waals surface area contributed by atoms with E-state index in [0.717, 1.165) is 17.8 Å². The van der Waals surface area contributed by atoms with Crippen LogP contribution in [0.4, 0.5) is 11.6 Å². The van der Waals surface area contributed by atoms with Crippen LogP contribution in [0, 0.1) is 0 Å². The topological polar surface area (TPSA) is 97.2 Å². The second-order valence-electron chi connectivity index (χ2n) is 6.64. The highest BCUT2D eigenvalue weighted by Crippen LogP contribution is 2.16. The number of ether oxygens (including phenoxy) is 1. The summed E-state index contributed by atoms with van der Waals surface area (Å²) in [5.41, 5.74) is 0.896. The largest absolute Gasteiger partial charge is 0.379 e. The molecule has 9 nitrogen and oxygen atoms in total. The van der Waals surface area contributed by atoms with Crippen LogP contribution in [0.5, 0.6) is 0 Å². The van der Waals surface area contributed by atoms with E-state index >= 15 is 0 Å². The first-order valence-electron chi connectivity index (χ1n) is 8.62. The van der Waals surface area contributed by atoms with Crippen LogP contribution in [-0.4, -0.2) is 65.0 Å². The SMILES string of the molecule is CN(C)c1cc(N[C@@H]2COCC[C@@H]2NC(=O)Cc2cnn(C)c2)ncn1. The van der Waals surface area contributed by atoms with Gasteiger partial charge in [-0.1, -0.05) is 0 Å². The zero-order valence-electron chi connectivity index (χ0n) is 15.3. The molecule has 1 aliphatic rings. The summed E-state index contributed by atoms with van der Waals surface area (Å²) in [6.45, 7) is 1.14. The molecule has 1 aliphatic heterocycles. The lowest BCUT2D eigenvalue weighted by Gasteiger charge is -2.33. The number of nitrogens with zero attached hydrogens (tertiary/aromatic N) is 5. The smallest absolute Gasteiger partial charge is 0.224 e. The maximum atomic E-state index is 12.4. The van der Waals surface area contributed by atoms with Gasteiger partial charge in [-0.15, -0.1) is 0 Å². The van der Waals surface area contributed by atoms with Crippen molar-refractivity contribution in [2.24, 2.45) is 7.05 Å². The molecule has 1 fully saturated rings. The Morgan fingerprint density at radius 3 is 2.96 bits per heavy atom. The van der Waals surface area contributed by atoms with Crippen molar-refractivity contribution >= 4 is 17.5 Å². The van der Waals surface area contributed by atoms with Crippen molar-refractivity contribution in [1.29, 1.82) is 0 Å². The summed E-state index contributed by atoms with van der Waals surface area (Å²) < 4.78 is 7.28. The van der Waals surface area contributed by atoms with Gasteiger partial charge in [0.05, 0.1) is 31.3 Å². The van der Waals surface area contributed by atoms with Crippen molar-refractivity contribution in [2.45, 2.75) is 24.9 Å². The number of amides is 1. The van der Waals surface area contributed by atoms with Gasteiger partial charge in [-0.25, -0.2) is 9.97 Å². The average molecular weight is 359 g/mol. The Labute approximate surface area is 152 Å². The normalized spacial score (nSPS) is 19.8. The lowest BCUT2D eigenvalue weighted by molar-refractivity contribution is -0.121. The van der Waals surface area contributed by atoms with Crippen molar-refractivity contribution in [3.05, 3.63) is 30.4 Å². The van der Waals surface area contributed by atoms with Crippen molar-refractivity contribution < 1.29 is 9.53 Å². The van der Waals surface area contributed by atoms with Crippen molar-refractivity contribution in [1.82, 2.24) is 25.1 Å². The molecule has 2 atom stereocenters. The van der Waals surface area contributed by atoms with Gasteiger partial charge in [0.1, 0.15) is 18.0 Å². The Morgan fingerprint density at radius 2 is 2.23 bits per heavy atom. The molecule has 1 saturated heterocycles. The molecule has 1 amide bonds. The Hall–Kier alpha value is -2.68. The molecule has 2 N–H and O–H groups in total. The Morgan fingerprint density at radius 1 is 1.38 bits per heavy atom. The molecule has 0 unspecified atom stereocenters. The minimum absolute atomic E-state index is 0.0200. The highest BCUT2D eigenvalue weighted by atomic mass is 16.5. The Kier molecular flexibility index (Phi) is 5.67. The van der Waals surface area contributed by atoms with Gasteiger partial charge >= 0.3 is 0 Å². The summed E-state index contributed by atoms with van der Waals surface area (Å²) in [5.74, 6) is 1.51. The highest BCUT2D eigenvalue weighted by Gasteiger charge is 2.27. The minimum atomic E-state index is -0.0495. The lowest BCUT2D eigenvalue weighted by atomic mass is 10.0. The molecular weight excluding hydrogens is 334 g/mol. The van der Waals surface area contributed by atoms with E-state index < -0.39 is 0 Å². The molecule has 0 aromatic carbocycles. The standard InChI is InChI=1S/C17H25N7O2/c1-23(2)16-7-15(18-11-19-16)21-14-10-26-5-4-13(14)22-17(25)6-12-8-20-24(3)9-12/h7-9,11,13-14H,4-6,10H2,1-3H3,(H,22,25)(H,18,19,21)/t13-,14+/m0/s1. The third-order valence-electron chi connectivity index (χ3n) is 4.27. The van der Waals surface area contributed by atoms with Gasteiger partial charge in [-0.3, -0.25) is 9.48 Å². The molecule has 0 saturated carbocycles. The van der Waals surface area contributed by atoms with Crippen LogP contribution in [0.2, 0.25) is 0 Å². The van der Waals surface area contributed by atoms with Gasteiger partial charge in [0.2, 0.25) is 5.91 Å². The summed E-state index contributed by atoms with van der Waals surface area (Å²) in [6, 6.07) is 1.81. The first kappa shape index (κ1) is 18.1. The first-order valence-corrected chi connectivity index (χ1v) is 8.62. The van der Waals surface area contributed by atoms with Gasteiger partial charge in [0.25, 0.3) is 0 Å². The van der Waals surface area contributed by atoms with E-state index in [9.17, 15) is 4.79 Å². The van der Waals surface area contributed by atoms with E-state index in [4.69, 9.17) is 4.74 Å². The average Bonchev–Trinajstić information content (AvgIpc) is 3.01. The fourth-order valence-corrected chi connectivity index (χ4v) is 2.92. The van der Waals surface area contributed by atoms with Crippen LogP contribution < -0.4 is 15.5 Å². The van der Waals surface area contributed by atoms with Crippen LogP contribution in [-0.2, 0) is 23.0 Å². The van der Waals surface area contributed by atoms with Crippen LogP contribution >= 0.6 is 0 Å². The molecule has 0 radical (unpaired) electrons. The van der Waals surface area contributed by atoms with Gasteiger partial charge in [-0.05, 0) is 12.0 Å². The molecule has 140 valence electrons. The summed E-state index contributed by atoms with van der Waals surface area (Å²) >= 11 is 0. The number of aromatic nitrogens is 4. The molecular formula is C17H25N7O2. The molecule has 2 aromatic rings. The monoisotopic (exact) mass is 359 g/mol. The van der Waals surface area contributed by atoms with E-state index in [0.29, 0.717) is 25.5 Å². The van der Waals surface area contributed by atoms with E-state index in [2.05, 4.69) is 25.7 Å². The van der Waals surface area contributed by atoms with Crippen molar-refractivity contribution in [3.8, 4) is 0 Å². The molecule has 26 heavy (non-hydrogen) atoms. The predicted molar refractivity (Wildman–Crippen MR) is 98.0 cm³/mol. The van der Waals surface area contributed by atoms with Gasteiger partial charge in [0.15, 0.2) is 0 Å².